The van der Waals surface area contributed by atoms with Crippen molar-refractivity contribution in [3.8, 4) is 6.07 Å². The van der Waals surface area contributed by atoms with Gasteiger partial charge in [0.05, 0.1) is 50.1 Å². The van der Waals surface area contributed by atoms with Gasteiger partial charge in [-0.3, -0.25) is 14.5 Å². The van der Waals surface area contributed by atoms with Crippen LogP contribution >= 0.6 is 11.9 Å². The fourth-order valence-electron chi connectivity index (χ4n) is 7.94. The minimum Gasteiger partial charge on any atom is -0.633 e. The van der Waals surface area contributed by atoms with Gasteiger partial charge in [0.15, 0.2) is 0 Å². The minimum atomic E-state index is -0.185. The third kappa shape index (κ3) is 4.38. The monoisotopic (exact) mass is 508 g/mol. The summed E-state index contributed by atoms with van der Waals surface area (Å²) >= 11 is 1.58. The van der Waals surface area contributed by atoms with Gasteiger partial charge in [-0.15, -0.1) is 0 Å². The van der Waals surface area contributed by atoms with E-state index in [9.17, 15) is 20.1 Å². The van der Waals surface area contributed by atoms with Gasteiger partial charge in [-0.1, -0.05) is 25.0 Å². The topological polar surface area (TPSA) is 87.5 Å². The molecular formula is C28H36N4O3S. The Morgan fingerprint density at radius 2 is 1.61 bits per heavy atom. The van der Waals surface area contributed by atoms with Crippen LogP contribution in [-0.4, -0.2) is 64.9 Å². The molecule has 2 bridgehead atoms. The fraction of sp³-hybridized carbons (Fsp3) is 0.679. The molecule has 5 aliphatic rings. The third-order valence-corrected chi connectivity index (χ3v) is 11.0. The molecule has 3 saturated carbocycles. The zero-order valence-corrected chi connectivity index (χ0v) is 21.7. The molecule has 0 aromatic heterocycles. The lowest BCUT2D eigenvalue weighted by molar-refractivity contribution is -0.888. The number of piperazine rings is 1. The normalized spacial score (nSPS) is 35.7. The predicted molar refractivity (Wildman–Crippen MR) is 137 cm³/mol. The number of fused-ring (bicyclic) bond motifs is 5. The van der Waals surface area contributed by atoms with Gasteiger partial charge in [-0.05, 0) is 73.9 Å². The molecule has 0 spiro atoms. The van der Waals surface area contributed by atoms with E-state index in [1.54, 1.807) is 16.8 Å². The molecule has 1 aromatic rings. The Labute approximate surface area is 218 Å². The van der Waals surface area contributed by atoms with Gasteiger partial charge in [-0.2, -0.15) is 5.26 Å². The van der Waals surface area contributed by atoms with Crippen molar-refractivity contribution in [3.63, 3.8) is 0 Å². The number of carbonyl (C=O) groups is 2. The van der Waals surface area contributed by atoms with Crippen LogP contribution in [0.1, 0.15) is 50.5 Å². The zero-order chi connectivity index (χ0) is 24.9. The van der Waals surface area contributed by atoms with Gasteiger partial charge in [-0.25, -0.2) is 4.31 Å². The molecule has 0 unspecified atom stereocenters. The highest BCUT2D eigenvalue weighted by molar-refractivity contribution is 7.97. The SMILES string of the molecule is N#Cc1ccccc1SN1CC[N+]([O-])(C[C@@H]2CCCC[C@H]2CN2C(=O)[C@@H]3[C@H]4CC[C@H](C4)[C@@H]3C2=O)CC1. The maximum Gasteiger partial charge on any atom is 0.233 e. The number of amides is 2. The quantitative estimate of drug-likeness (QED) is 0.250. The van der Waals surface area contributed by atoms with Crippen molar-refractivity contribution in [2.24, 2.45) is 35.5 Å². The van der Waals surface area contributed by atoms with Crippen LogP contribution < -0.4 is 0 Å². The van der Waals surface area contributed by atoms with Crippen molar-refractivity contribution in [3.05, 3.63) is 35.0 Å². The number of hydrogen-bond donors (Lipinski definition) is 0. The molecule has 2 aliphatic heterocycles. The second kappa shape index (κ2) is 9.75. The average Bonchev–Trinajstić information content (AvgIpc) is 3.57. The highest BCUT2D eigenvalue weighted by Gasteiger charge is 2.61. The summed E-state index contributed by atoms with van der Waals surface area (Å²) in [4.78, 5) is 29.1. The summed E-state index contributed by atoms with van der Waals surface area (Å²) in [7, 11) is 0. The molecule has 5 fully saturated rings. The predicted octanol–water partition coefficient (Wildman–Crippen LogP) is 4.03. The molecule has 192 valence electrons. The van der Waals surface area contributed by atoms with E-state index in [2.05, 4.69) is 10.4 Å². The van der Waals surface area contributed by atoms with Gasteiger partial charge in [0.1, 0.15) is 6.07 Å². The summed E-state index contributed by atoms with van der Waals surface area (Å²) in [5.41, 5.74) is 0.671. The van der Waals surface area contributed by atoms with E-state index in [0.29, 0.717) is 56.7 Å². The Hall–Kier alpha value is -1.92. The smallest absolute Gasteiger partial charge is 0.233 e. The Kier molecular flexibility index (Phi) is 6.62. The molecule has 0 radical (unpaired) electrons. The van der Waals surface area contributed by atoms with Crippen LogP contribution in [-0.2, 0) is 9.59 Å². The van der Waals surface area contributed by atoms with Crippen molar-refractivity contribution in [1.82, 2.24) is 9.21 Å². The molecule has 2 heterocycles. The van der Waals surface area contributed by atoms with E-state index in [1.807, 2.05) is 24.3 Å². The first kappa shape index (κ1) is 24.4. The second-order valence-electron chi connectivity index (χ2n) is 11.8. The molecule has 6 atom stereocenters. The molecule has 7 nitrogen and oxygen atoms in total. The van der Waals surface area contributed by atoms with E-state index in [1.165, 1.54) is 0 Å². The van der Waals surface area contributed by atoms with Crippen LogP contribution in [0.25, 0.3) is 0 Å². The van der Waals surface area contributed by atoms with Crippen LogP contribution in [0.5, 0.6) is 0 Å². The van der Waals surface area contributed by atoms with Crippen LogP contribution in [0.15, 0.2) is 29.2 Å². The van der Waals surface area contributed by atoms with E-state index >= 15 is 0 Å². The fourth-order valence-corrected chi connectivity index (χ4v) is 8.92. The Morgan fingerprint density at radius 1 is 0.972 bits per heavy atom. The standard InChI is InChI=1S/C28H36N4O3S/c29-16-21-5-3-4-8-24(21)36-30-11-13-32(35,14-12-30)18-23-7-2-1-6-22(23)17-31-27(33)25-19-9-10-20(15-19)26(25)28(31)34/h3-5,8,19-20,22-23,25-26H,1-2,6-7,9-15,17-18H2/t19-,20+,22-,23-,25+,26-/m0/s1. The number of quaternary nitrogens is 1. The summed E-state index contributed by atoms with van der Waals surface area (Å²) in [5, 5.41) is 23.1. The van der Waals surface area contributed by atoms with Gasteiger partial charge < -0.3 is 9.85 Å². The number of nitrogens with zero attached hydrogens (tertiary/aromatic N) is 4. The number of imide groups is 1. The summed E-state index contributed by atoms with van der Waals surface area (Å²) in [5.74, 6) is 1.46. The van der Waals surface area contributed by atoms with Crippen LogP contribution in [0.3, 0.4) is 0 Å². The number of carbonyl (C=O) groups excluding carboxylic acids is 2. The summed E-state index contributed by atoms with van der Waals surface area (Å²) in [6.07, 6.45) is 7.57. The molecule has 2 saturated heterocycles. The first-order valence-corrected chi connectivity index (χ1v) is 14.6. The average molecular weight is 509 g/mol. The lowest BCUT2D eigenvalue weighted by Crippen LogP contribution is -2.57. The molecule has 36 heavy (non-hydrogen) atoms. The molecule has 8 heteroatoms. The Morgan fingerprint density at radius 3 is 2.28 bits per heavy atom. The third-order valence-electron chi connectivity index (χ3n) is 9.82. The maximum absolute atomic E-state index is 13.8. The highest BCUT2D eigenvalue weighted by Crippen LogP contribution is 2.56. The van der Waals surface area contributed by atoms with E-state index in [0.717, 1.165) is 49.8 Å². The number of benzene rings is 1. The molecule has 3 aliphatic carbocycles. The number of hydroxylamine groups is 3. The van der Waals surface area contributed by atoms with E-state index in [-0.39, 0.29) is 40.1 Å². The molecule has 2 amide bonds. The summed E-state index contributed by atoms with van der Waals surface area (Å²) < 4.78 is 2.02. The largest absolute Gasteiger partial charge is 0.633 e. The van der Waals surface area contributed by atoms with Crippen LogP contribution in [0.2, 0.25) is 0 Å². The molecule has 6 rings (SSSR count). The summed E-state index contributed by atoms with van der Waals surface area (Å²) in [6.45, 7) is 3.59. The molecule has 1 aromatic carbocycles. The van der Waals surface area contributed by atoms with Crippen molar-refractivity contribution in [2.75, 3.05) is 39.3 Å². The van der Waals surface area contributed by atoms with E-state index in [4.69, 9.17) is 0 Å². The van der Waals surface area contributed by atoms with Crippen LogP contribution in [0.4, 0.5) is 0 Å². The Balaban J connectivity index is 1.07. The van der Waals surface area contributed by atoms with Gasteiger partial charge in [0, 0.05) is 17.4 Å². The highest BCUT2D eigenvalue weighted by atomic mass is 32.2. The van der Waals surface area contributed by atoms with Gasteiger partial charge in [0.25, 0.3) is 0 Å². The van der Waals surface area contributed by atoms with Crippen molar-refractivity contribution in [2.45, 2.75) is 49.8 Å². The number of nitriles is 1. The molecule has 0 N–H and O–H groups in total. The Bertz CT molecular complexity index is 1040. The van der Waals surface area contributed by atoms with Gasteiger partial charge in [0.2, 0.25) is 11.8 Å². The van der Waals surface area contributed by atoms with Crippen molar-refractivity contribution in [1.29, 1.82) is 5.26 Å². The van der Waals surface area contributed by atoms with Crippen molar-refractivity contribution >= 4 is 23.8 Å². The number of hydrogen-bond acceptors (Lipinski definition) is 6. The van der Waals surface area contributed by atoms with Crippen LogP contribution in [0, 0.1) is 52.0 Å². The molecular weight excluding hydrogens is 472 g/mol. The number of likely N-dealkylation sites (tertiary alicyclic amines) is 1. The summed E-state index contributed by atoms with van der Waals surface area (Å²) in [6, 6.07) is 9.86. The lowest BCUT2D eigenvalue weighted by Gasteiger charge is -2.51. The maximum atomic E-state index is 13.8. The minimum absolute atomic E-state index is 0.0482. The number of rotatable bonds is 6. The van der Waals surface area contributed by atoms with Gasteiger partial charge >= 0.3 is 0 Å². The zero-order valence-electron chi connectivity index (χ0n) is 20.9. The first-order valence-electron chi connectivity index (χ1n) is 13.8. The first-order chi connectivity index (χ1) is 17.5. The lowest BCUT2D eigenvalue weighted by atomic mass is 9.78. The van der Waals surface area contributed by atoms with Crippen molar-refractivity contribution < 1.29 is 14.2 Å². The van der Waals surface area contributed by atoms with E-state index < -0.39 is 0 Å². The second-order valence-corrected chi connectivity index (χ2v) is 12.9.